The number of sulfonamides is 1. The fourth-order valence-corrected chi connectivity index (χ4v) is 4.86. The Morgan fingerprint density at radius 2 is 2.00 bits per heavy atom. The number of aromatic amines is 1. The van der Waals surface area contributed by atoms with Gasteiger partial charge in [-0.25, -0.2) is 23.1 Å². The van der Waals surface area contributed by atoms with Crippen LogP contribution < -0.4 is 15.4 Å². The largest absolute Gasteiger partial charge is 0.472 e. The number of nitrogens with one attached hydrogen (secondary N) is 4. The molecule has 0 unspecified atom stereocenters. The van der Waals surface area contributed by atoms with Crippen LogP contribution in [0.1, 0.15) is 24.3 Å². The summed E-state index contributed by atoms with van der Waals surface area (Å²) in [6.07, 6.45) is 6.57. The number of piperidine rings is 1. The van der Waals surface area contributed by atoms with E-state index in [-0.39, 0.29) is 4.90 Å². The van der Waals surface area contributed by atoms with Crippen LogP contribution in [0.5, 0.6) is 0 Å². The van der Waals surface area contributed by atoms with Crippen LogP contribution in [0.3, 0.4) is 0 Å². The minimum absolute atomic E-state index is 0.188. The van der Waals surface area contributed by atoms with E-state index >= 15 is 0 Å². The maximum absolute atomic E-state index is 12.5. The summed E-state index contributed by atoms with van der Waals surface area (Å²) in [6, 6.07) is 7.02. The smallest absolute Gasteiger partial charge is 0.240 e. The predicted octanol–water partition coefficient (Wildman–Crippen LogP) is 2.73. The Balaban J connectivity index is 1.63. The maximum Gasteiger partial charge on any atom is 0.240 e. The molecule has 0 bridgehead atoms. The standard InChI is InChI=1S/C21H23N7O3S/c1-22-32(29,30)15-2-3-16(13-4-7-23-8-5-13)17(10-15)26-20-18-19(14-6-9-31-11-14)27-28-21(18)25-12-24-20/h2-3,6,9-13,22-23H,4-5,7-8H2,1H3,(H2,24,25,26,27,28). The predicted molar refractivity (Wildman–Crippen MR) is 120 cm³/mol. The lowest BCUT2D eigenvalue weighted by Gasteiger charge is -2.26. The molecule has 11 heteroatoms. The zero-order valence-electron chi connectivity index (χ0n) is 17.4. The SMILES string of the molecule is CNS(=O)(=O)c1ccc(C2CCNCC2)c(Nc2ncnc3[nH]nc(-c4ccoc4)c23)c1. The molecule has 1 aliphatic heterocycles. The highest BCUT2D eigenvalue weighted by Gasteiger charge is 2.23. The van der Waals surface area contributed by atoms with E-state index in [9.17, 15) is 8.42 Å². The summed E-state index contributed by atoms with van der Waals surface area (Å²) in [6.45, 7) is 1.84. The summed E-state index contributed by atoms with van der Waals surface area (Å²) < 4.78 is 32.5. The number of H-pyrrole nitrogens is 1. The molecule has 1 fully saturated rings. The second-order valence-electron chi connectivity index (χ2n) is 7.64. The van der Waals surface area contributed by atoms with Crippen LogP contribution in [0.15, 0.2) is 52.4 Å². The van der Waals surface area contributed by atoms with Gasteiger partial charge in [-0.1, -0.05) is 6.07 Å². The molecule has 0 saturated carbocycles. The average Bonchev–Trinajstić information content (AvgIpc) is 3.50. The van der Waals surface area contributed by atoms with Crippen molar-refractivity contribution >= 4 is 32.6 Å². The van der Waals surface area contributed by atoms with Crippen LogP contribution >= 0.6 is 0 Å². The second kappa shape index (κ2) is 8.34. The zero-order chi connectivity index (χ0) is 22.1. The molecule has 166 valence electrons. The molecular weight excluding hydrogens is 430 g/mol. The summed E-state index contributed by atoms with van der Waals surface area (Å²) in [7, 11) is -2.20. The molecule has 0 amide bonds. The molecule has 0 aliphatic carbocycles. The third kappa shape index (κ3) is 3.74. The van der Waals surface area contributed by atoms with Gasteiger partial charge in [-0.15, -0.1) is 0 Å². The first-order chi connectivity index (χ1) is 15.6. The summed E-state index contributed by atoms with van der Waals surface area (Å²) in [5, 5.41) is 14.8. The normalized spacial score (nSPS) is 15.3. The number of hydrogen-bond donors (Lipinski definition) is 4. The molecule has 1 aliphatic rings. The molecule has 1 aromatic carbocycles. The Labute approximate surface area is 184 Å². The lowest BCUT2D eigenvalue weighted by Crippen LogP contribution is -2.27. The Morgan fingerprint density at radius 3 is 2.75 bits per heavy atom. The number of anilines is 2. The van der Waals surface area contributed by atoms with Crippen molar-refractivity contribution in [3.8, 4) is 11.3 Å². The van der Waals surface area contributed by atoms with Gasteiger partial charge in [0.25, 0.3) is 0 Å². The highest BCUT2D eigenvalue weighted by Crippen LogP contribution is 2.37. The highest BCUT2D eigenvalue weighted by molar-refractivity contribution is 7.89. The van der Waals surface area contributed by atoms with Crippen LogP contribution in [0.2, 0.25) is 0 Å². The van der Waals surface area contributed by atoms with Gasteiger partial charge in [0, 0.05) is 11.3 Å². The lowest BCUT2D eigenvalue weighted by molar-refractivity contribution is 0.461. The molecule has 4 heterocycles. The fraction of sp³-hybridized carbons (Fsp3) is 0.286. The molecule has 32 heavy (non-hydrogen) atoms. The Kier molecular flexibility index (Phi) is 5.37. The number of fused-ring (bicyclic) bond motifs is 1. The molecule has 0 atom stereocenters. The van der Waals surface area contributed by atoms with Gasteiger partial charge in [0.15, 0.2) is 5.65 Å². The molecule has 0 radical (unpaired) electrons. The average molecular weight is 454 g/mol. The number of hydrogen-bond acceptors (Lipinski definition) is 8. The monoisotopic (exact) mass is 453 g/mol. The second-order valence-corrected chi connectivity index (χ2v) is 9.52. The quantitative estimate of drug-likeness (QED) is 0.350. The number of nitrogens with zero attached hydrogens (tertiary/aromatic N) is 3. The van der Waals surface area contributed by atoms with Crippen molar-refractivity contribution in [2.75, 3.05) is 25.5 Å². The summed E-state index contributed by atoms with van der Waals surface area (Å²) in [4.78, 5) is 8.92. The van der Waals surface area contributed by atoms with Crippen molar-refractivity contribution in [3.05, 3.63) is 48.7 Å². The Morgan fingerprint density at radius 1 is 1.16 bits per heavy atom. The minimum atomic E-state index is -3.60. The van der Waals surface area contributed by atoms with Crippen molar-refractivity contribution < 1.29 is 12.8 Å². The van der Waals surface area contributed by atoms with Gasteiger partial charge in [-0.3, -0.25) is 5.10 Å². The van der Waals surface area contributed by atoms with Crippen LogP contribution in [-0.4, -0.2) is 48.7 Å². The molecule has 4 aromatic rings. The van der Waals surface area contributed by atoms with E-state index in [1.807, 2.05) is 12.1 Å². The summed E-state index contributed by atoms with van der Waals surface area (Å²) in [5.41, 5.74) is 3.77. The van der Waals surface area contributed by atoms with E-state index in [1.165, 1.54) is 13.4 Å². The first kappa shape index (κ1) is 20.6. The van der Waals surface area contributed by atoms with E-state index in [0.29, 0.717) is 34.2 Å². The van der Waals surface area contributed by atoms with Crippen LogP contribution in [0, 0.1) is 0 Å². The first-order valence-electron chi connectivity index (χ1n) is 10.3. The fourth-order valence-electron chi connectivity index (χ4n) is 4.11. The minimum Gasteiger partial charge on any atom is -0.472 e. The van der Waals surface area contributed by atoms with E-state index in [2.05, 4.69) is 35.5 Å². The van der Waals surface area contributed by atoms with E-state index in [1.54, 1.807) is 24.7 Å². The number of furan rings is 1. The summed E-state index contributed by atoms with van der Waals surface area (Å²) >= 11 is 0. The van der Waals surface area contributed by atoms with Gasteiger partial charge in [-0.05, 0) is 62.7 Å². The molecule has 0 spiro atoms. The maximum atomic E-state index is 12.5. The molecule has 3 aromatic heterocycles. The van der Waals surface area contributed by atoms with Crippen molar-refractivity contribution in [2.45, 2.75) is 23.7 Å². The van der Waals surface area contributed by atoms with Gasteiger partial charge in [0.05, 0.1) is 22.8 Å². The number of benzene rings is 1. The molecular formula is C21H23N7O3S. The van der Waals surface area contributed by atoms with E-state index in [0.717, 1.165) is 37.1 Å². The van der Waals surface area contributed by atoms with E-state index in [4.69, 9.17) is 4.42 Å². The molecule has 10 nitrogen and oxygen atoms in total. The van der Waals surface area contributed by atoms with Crippen molar-refractivity contribution in [1.82, 2.24) is 30.2 Å². The van der Waals surface area contributed by atoms with Crippen molar-refractivity contribution in [2.24, 2.45) is 0 Å². The van der Waals surface area contributed by atoms with Crippen LogP contribution in [0.25, 0.3) is 22.3 Å². The molecule has 1 saturated heterocycles. The third-order valence-electron chi connectivity index (χ3n) is 5.79. The first-order valence-corrected chi connectivity index (χ1v) is 11.8. The Hall–Kier alpha value is -3.28. The van der Waals surface area contributed by atoms with E-state index < -0.39 is 10.0 Å². The van der Waals surface area contributed by atoms with Gasteiger partial charge in [0.1, 0.15) is 17.8 Å². The highest BCUT2D eigenvalue weighted by atomic mass is 32.2. The van der Waals surface area contributed by atoms with Crippen LogP contribution in [-0.2, 0) is 10.0 Å². The zero-order valence-corrected chi connectivity index (χ0v) is 18.2. The van der Waals surface area contributed by atoms with Gasteiger partial charge in [0.2, 0.25) is 10.0 Å². The number of aromatic nitrogens is 4. The molecule has 4 N–H and O–H groups in total. The third-order valence-corrected chi connectivity index (χ3v) is 7.20. The number of rotatable bonds is 6. The van der Waals surface area contributed by atoms with Gasteiger partial charge < -0.3 is 15.1 Å². The van der Waals surface area contributed by atoms with Gasteiger partial charge >= 0.3 is 0 Å². The Bertz CT molecular complexity index is 1340. The van der Waals surface area contributed by atoms with Crippen LogP contribution in [0.4, 0.5) is 11.5 Å². The topological polar surface area (TPSA) is 138 Å². The summed E-state index contributed by atoms with van der Waals surface area (Å²) in [5.74, 6) is 0.842. The van der Waals surface area contributed by atoms with Crippen molar-refractivity contribution in [3.63, 3.8) is 0 Å². The van der Waals surface area contributed by atoms with Crippen molar-refractivity contribution in [1.29, 1.82) is 0 Å². The lowest BCUT2D eigenvalue weighted by atomic mass is 9.89. The molecule has 5 rings (SSSR count). The van der Waals surface area contributed by atoms with Gasteiger partial charge in [-0.2, -0.15) is 5.10 Å².